The van der Waals surface area contributed by atoms with Gasteiger partial charge in [-0.15, -0.1) is 11.8 Å². The van der Waals surface area contributed by atoms with Gasteiger partial charge < -0.3 is 10.6 Å². The van der Waals surface area contributed by atoms with Crippen LogP contribution in [-0.4, -0.2) is 25.4 Å². The number of fused-ring (bicyclic) bond motifs is 1. The van der Waals surface area contributed by atoms with E-state index in [1.54, 1.807) is 0 Å². The third-order valence-corrected chi connectivity index (χ3v) is 4.72. The zero-order chi connectivity index (χ0) is 12.3. The van der Waals surface area contributed by atoms with Crippen molar-refractivity contribution in [3.63, 3.8) is 0 Å². The molecule has 1 unspecified atom stereocenters. The quantitative estimate of drug-likeness (QED) is 0.891. The molecule has 17 heavy (non-hydrogen) atoms. The summed E-state index contributed by atoms with van der Waals surface area (Å²) < 4.78 is 0. The second-order valence-corrected chi connectivity index (χ2v) is 5.72. The standard InChI is InChI=1S/C14H22N2S/c1-3-11-6-7-13-14(9-11)17-10-12(16(13)2)5-4-8-15/h6-7,9,12H,3-5,8,10,15H2,1-2H3. The molecule has 0 spiro atoms. The van der Waals surface area contributed by atoms with Crippen molar-refractivity contribution in [1.82, 2.24) is 0 Å². The van der Waals surface area contributed by atoms with Crippen LogP contribution in [0.2, 0.25) is 0 Å². The minimum Gasteiger partial charge on any atom is -0.370 e. The van der Waals surface area contributed by atoms with Crippen molar-refractivity contribution in [1.29, 1.82) is 0 Å². The molecule has 0 aromatic heterocycles. The Bertz CT molecular complexity index is 378. The van der Waals surface area contributed by atoms with Gasteiger partial charge in [0.25, 0.3) is 0 Å². The van der Waals surface area contributed by atoms with Gasteiger partial charge in [0.1, 0.15) is 0 Å². The van der Waals surface area contributed by atoms with E-state index in [1.807, 2.05) is 11.8 Å². The average Bonchev–Trinajstić information content (AvgIpc) is 2.37. The molecule has 1 aliphatic heterocycles. The average molecular weight is 250 g/mol. The van der Waals surface area contributed by atoms with Crippen LogP contribution in [0.15, 0.2) is 23.1 Å². The van der Waals surface area contributed by atoms with Crippen LogP contribution >= 0.6 is 11.8 Å². The Morgan fingerprint density at radius 3 is 3.00 bits per heavy atom. The lowest BCUT2D eigenvalue weighted by Gasteiger charge is -2.36. The predicted molar refractivity (Wildman–Crippen MR) is 77.0 cm³/mol. The van der Waals surface area contributed by atoms with Crippen LogP contribution in [0, 0.1) is 0 Å². The van der Waals surface area contributed by atoms with Crippen molar-refractivity contribution in [3.05, 3.63) is 23.8 Å². The summed E-state index contributed by atoms with van der Waals surface area (Å²) in [6.45, 7) is 3.01. The maximum atomic E-state index is 5.60. The van der Waals surface area contributed by atoms with Crippen molar-refractivity contribution in [2.75, 3.05) is 24.2 Å². The molecule has 2 nitrogen and oxygen atoms in total. The van der Waals surface area contributed by atoms with Crippen molar-refractivity contribution >= 4 is 17.4 Å². The van der Waals surface area contributed by atoms with Gasteiger partial charge in [-0.25, -0.2) is 0 Å². The van der Waals surface area contributed by atoms with Crippen molar-refractivity contribution in [2.45, 2.75) is 37.1 Å². The molecule has 1 aliphatic rings. The van der Waals surface area contributed by atoms with Crippen LogP contribution in [-0.2, 0) is 6.42 Å². The fourth-order valence-electron chi connectivity index (χ4n) is 2.31. The molecule has 1 aromatic carbocycles. The van der Waals surface area contributed by atoms with Gasteiger partial charge in [-0.3, -0.25) is 0 Å². The number of anilines is 1. The zero-order valence-corrected chi connectivity index (χ0v) is 11.6. The van der Waals surface area contributed by atoms with E-state index in [0.29, 0.717) is 6.04 Å². The van der Waals surface area contributed by atoms with Crippen LogP contribution in [0.3, 0.4) is 0 Å². The van der Waals surface area contributed by atoms with E-state index >= 15 is 0 Å². The maximum Gasteiger partial charge on any atom is 0.0504 e. The van der Waals surface area contributed by atoms with Gasteiger partial charge in [0.15, 0.2) is 0 Å². The molecule has 0 fully saturated rings. The number of hydrogen-bond acceptors (Lipinski definition) is 3. The Morgan fingerprint density at radius 1 is 1.47 bits per heavy atom. The molecule has 2 N–H and O–H groups in total. The summed E-state index contributed by atoms with van der Waals surface area (Å²) >= 11 is 2.00. The number of rotatable bonds is 4. The first-order valence-electron chi connectivity index (χ1n) is 6.45. The second-order valence-electron chi connectivity index (χ2n) is 4.66. The summed E-state index contributed by atoms with van der Waals surface area (Å²) in [5.74, 6) is 1.19. The molecule has 1 heterocycles. The molecule has 0 saturated carbocycles. The highest BCUT2D eigenvalue weighted by molar-refractivity contribution is 7.99. The molecular formula is C14H22N2S. The Morgan fingerprint density at radius 2 is 2.29 bits per heavy atom. The molecule has 94 valence electrons. The first-order chi connectivity index (χ1) is 8.26. The van der Waals surface area contributed by atoms with Crippen molar-refractivity contribution in [2.24, 2.45) is 5.73 Å². The lowest BCUT2D eigenvalue weighted by Crippen LogP contribution is -2.37. The first kappa shape index (κ1) is 12.8. The lowest BCUT2D eigenvalue weighted by molar-refractivity contribution is 0.599. The van der Waals surface area contributed by atoms with Crippen LogP contribution in [0.4, 0.5) is 5.69 Å². The van der Waals surface area contributed by atoms with Crippen molar-refractivity contribution in [3.8, 4) is 0 Å². The predicted octanol–water partition coefficient (Wildman–Crippen LogP) is 2.90. The highest BCUT2D eigenvalue weighted by Gasteiger charge is 2.23. The van der Waals surface area contributed by atoms with Crippen LogP contribution in [0.5, 0.6) is 0 Å². The number of aryl methyl sites for hydroxylation is 1. The number of thioether (sulfide) groups is 1. The summed E-state index contributed by atoms with van der Waals surface area (Å²) in [5, 5.41) is 0. The largest absolute Gasteiger partial charge is 0.370 e. The first-order valence-corrected chi connectivity index (χ1v) is 7.43. The van der Waals surface area contributed by atoms with E-state index < -0.39 is 0 Å². The highest BCUT2D eigenvalue weighted by atomic mass is 32.2. The summed E-state index contributed by atoms with van der Waals surface area (Å²) in [5.41, 5.74) is 8.42. The fourth-order valence-corrected chi connectivity index (χ4v) is 3.67. The summed E-state index contributed by atoms with van der Waals surface area (Å²) in [7, 11) is 2.21. The topological polar surface area (TPSA) is 29.3 Å². The summed E-state index contributed by atoms with van der Waals surface area (Å²) in [4.78, 5) is 3.87. The zero-order valence-electron chi connectivity index (χ0n) is 10.8. The fraction of sp³-hybridized carbons (Fsp3) is 0.571. The van der Waals surface area contributed by atoms with Gasteiger partial charge in [0, 0.05) is 23.7 Å². The monoisotopic (exact) mass is 250 g/mol. The van der Waals surface area contributed by atoms with E-state index in [-0.39, 0.29) is 0 Å². The Kier molecular flexibility index (Phi) is 4.35. The van der Waals surface area contributed by atoms with E-state index in [4.69, 9.17) is 5.73 Å². The van der Waals surface area contributed by atoms with Gasteiger partial charge in [-0.1, -0.05) is 13.0 Å². The molecule has 0 aliphatic carbocycles. The van der Waals surface area contributed by atoms with Gasteiger partial charge in [-0.2, -0.15) is 0 Å². The van der Waals surface area contributed by atoms with Crippen LogP contribution in [0.1, 0.15) is 25.3 Å². The lowest BCUT2D eigenvalue weighted by atomic mass is 10.1. The Labute approximate surface area is 109 Å². The van der Waals surface area contributed by atoms with Crippen LogP contribution in [0.25, 0.3) is 0 Å². The summed E-state index contributed by atoms with van der Waals surface area (Å²) in [6, 6.07) is 7.51. The van der Waals surface area contributed by atoms with Gasteiger partial charge >= 0.3 is 0 Å². The third kappa shape index (κ3) is 2.78. The number of hydrogen-bond donors (Lipinski definition) is 1. The normalized spacial score (nSPS) is 19.2. The molecular weight excluding hydrogens is 228 g/mol. The van der Waals surface area contributed by atoms with E-state index in [0.717, 1.165) is 19.4 Å². The maximum absolute atomic E-state index is 5.60. The molecule has 2 rings (SSSR count). The van der Waals surface area contributed by atoms with Crippen LogP contribution < -0.4 is 10.6 Å². The molecule has 1 aromatic rings. The number of benzene rings is 1. The smallest absolute Gasteiger partial charge is 0.0504 e. The second kappa shape index (κ2) is 5.78. The minimum atomic E-state index is 0.642. The van der Waals surface area contributed by atoms with E-state index in [2.05, 4.69) is 37.1 Å². The van der Waals surface area contributed by atoms with Gasteiger partial charge in [0.05, 0.1) is 5.69 Å². The van der Waals surface area contributed by atoms with Crippen molar-refractivity contribution < 1.29 is 0 Å². The molecule has 0 bridgehead atoms. The SMILES string of the molecule is CCc1ccc2c(c1)SCC(CCCN)N2C. The van der Waals surface area contributed by atoms with E-state index in [9.17, 15) is 0 Å². The van der Waals surface area contributed by atoms with Gasteiger partial charge in [0.2, 0.25) is 0 Å². The molecule has 0 radical (unpaired) electrons. The third-order valence-electron chi connectivity index (χ3n) is 3.53. The minimum absolute atomic E-state index is 0.642. The molecule has 3 heteroatoms. The van der Waals surface area contributed by atoms with E-state index in [1.165, 1.54) is 28.3 Å². The highest BCUT2D eigenvalue weighted by Crippen LogP contribution is 2.38. The Hall–Kier alpha value is -0.670. The molecule has 1 atom stereocenters. The Balaban J connectivity index is 2.15. The molecule has 0 amide bonds. The number of nitrogens with two attached hydrogens (primary N) is 1. The summed E-state index contributed by atoms with van der Waals surface area (Å²) in [6.07, 6.45) is 3.45. The van der Waals surface area contributed by atoms with Gasteiger partial charge in [-0.05, 0) is 43.5 Å². The molecule has 0 saturated heterocycles. The number of nitrogens with zero attached hydrogens (tertiary/aromatic N) is 1.